The second-order valence-corrected chi connectivity index (χ2v) is 8.08. The van der Waals surface area contributed by atoms with Crippen LogP contribution in [0.4, 0.5) is 0 Å². The van der Waals surface area contributed by atoms with Crippen LogP contribution in [0.1, 0.15) is 53.9 Å². The molecule has 8 nitrogen and oxygen atoms in total. The third-order valence-electron chi connectivity index (χ3n) is 3.99. The molecule has 0 bridgehead atoms. The molecule has 1 heterocycles. The van der Waals surface area contributed by atoms with Crippen LogP contribution >= 0.6 is 12.3 Å². The minimum atomic E-state index is -1.09. The van der Waals surface area contributed by atoms with Gasteiger partial charge < -0.3 is 16.0 Å². The van der Waals surface area contributed by atoms with Crippen LogP contribution in [0, 0.1) is 11.8 Å². The Labute approximate surface area is 166 Å². The summed E-state index contributed by atoms with van der Waals surface area (Å²) >= 11 is 0.625. The maximum atomic E-state index is 12.6. The van der Waals surface area contributed by atoms with E-state index in [1.54, 1.807) is 0 Å². The smallest absolute Gasteiger partial charge is 0.254 e. The van der Waals surface area contributed by atoms with Crippen molar-refractivity contribution in [2.75, 3.05) is 13.1 Å². The van der Waals surface area contributed by atoms with Crippen LogP contribution in [0.2, 0.25) is 0 Å². The van der Waals surface area contributed by atoms with E-state index in [2.05, 4.69) is 29.8 Å². The number of amides is 3. The predicted octanol–water partition coefficient (Wildman–Crippen LogP) is 1.55. The van der Waals surface area contributed by atoms with Gasteiger partial charge in [-0.25, -0.2) is 0 Å². The Morgan fingerprint density at radius 2 is 1.56 bits per heavy atom. The van der Waals surface area contributed by atoms with Crippen LogP contribution in [0.25, 0.3) is 0 Å². The molecular weight excluding hydrogens is 370 g/mol. The zero-order chi connectivity index (χ0) is 20.4. The summed E-state index contributed by atoms with van der Waals surface area (Å²) in [5, 5.41) is 8.28. The van der Waals surface area contributed by atoms with Crippen LogP contribution < -0.4 is 16.0 Å². The average Bonchev–Trinajstić information content (AvgIpc) is 3.08. The molecule has 0 saturated carbocycles. The van der Waals surface area contributed by atoms with Gasteiger partial charge in [0.15, 0.2) is 24.5 Å². The Hall–Kier alpha value is -1.32. The zero-order valence-corrected chi connectivity index (χ0v) is 17.7. The van der Waals surface area contributed by atoms with Crippen molar-refractivity contribution >= 4 is 30.0 Å². The van der Waals surface area contributed by atoms with Gasteiger partial charge >= 0.3 is 0 Å². The van der Waals surface area contributed by atoms with Crippen molar-refractivity contribution in [1.82, 2.24) is 16.0 Å². The Kier molecular flexibility index (Phi) is 10.7. The number of hydrogen-bond donors (Lipinski definition) is 3. The van der Waals surface area contributed by atoms with E-state index in [-0.39, 0.29) is 11.8 Å². The van der Waals surface area contributed by atoms with Crippen molar-refractivity contribution in [3.8, 4) is 0 Å². The van der Waals surface area contributed by atoms with Gasteiger partial charge in [0.2, 0.25) is 5.91 Å². The van der Waals surface area contributed by atoms with Crippen molar-refractivity contribution in [1.29, 1.82) is 0 Å². The molecule has 0 aromatic rings. The summed E-state index contributed by atoms with van der Waals surface area (Å²) in [6.45, 7) is 11.1. The molecular formula is C18H33N3O5S. The van der Waals surface area contributed by atoms with E-state index in [0.717, 1.165) is 12.8 Å². The van der Waals surface area contributed by atoms with Gasteiger partial charge in [-0.05, 0) is 31.1 Å². The van der Waals surface area contributed by atoms with Gasteiger partial charge in [0.05, 0.1) is 0 Å². The SMILES string of the molecule is CCCNC(=O)[C@H]1OSO[C@@H]1C(=O)N[C@@H](CC(C)C)C(=O)NCCC(C)C. The fraction of sp³-hybridized carbons (Fsp3) is 0.833. The zero-order valence-electron chi connectivity index (χ0n) is 16.9. The highest BCUT2D eigenvalue weighted by molar-refractivity contribution is 7.90. The summed E-state index contributed by atoms with van der Waals surface area (Å²) in [5.74, 6) is -0.460. The first-order valence-corrected chi connectivity index (χ1v) is 10.3. The summed E-state index contributed by atoms with van der Waals surface area (Å²) in [4.78, 5) is 37.2. The largest absolute Gasteiger partial charge is 0.354 e. The lowest BCUT2D eigenvalue weighted by molar-refractivity contribution is -0.139. The van der Waals surface area contributed by atoms with Gasteiger partial charge in [0, 0.05) is 13.1 Å². The fourth-order valence-corrected chi connectivity index (χ4v) is 3.07. The molecule has 1 rings (SSSR count). The molecule has 27 heavy (non-hydrogen) atoms. The highest BCUT2D eigenvalue weighted by atomic mass is 32.2. The van der Waals surface area contributed by atoms with Gasteiger partial charge in [-0.3, -0.25) is 22.7 Å². The van der Waals surface area contributed by atoms with E-state index < -0.39 is 30.1 Å². The van der Waals surface area contributed by atoms with Gasteiger partial charge in [-0.2, -0.15) is 0 Å². The Morgan fingerprint density at radius 1 is 0.926 bits per heavy atom. The van der Waals surface area contributed by atoms with Crippen molar-refractivity contribution in [2.45, 2.75) is 72.1 Å². The first kappa shape index (κ1) is 23.7. The Bertz CT molecular complexity index is 501. The van der Waals surface area contributed by atoms with Crippen LogP contribution in [0.15, 0.2) is 0 Å². The minimum Gasteiger partial charge on any atom is -0.354 e. The quantitative estimate of drug-likeness (QED) is 0.452. The first-order chi connectivity index (χ1) is 12.8. The maximum absolute atomic E-state index is 12.6. The Balaban J connectivity index is 2.68. The third-order valence-corrected chi connectivity index (χ3v) is 4.56. The molecule has 0 unspecified atom stereocenters. The summed E-state index contributed by atoms with van der Waals surface area (Å²) in [5.41, 5.74) is 0. The molecule has 0 radical (unpaired) electrons. The molecule has 9 heteroatoms. The second kappa shape index (κ2) is 12.2. The van der Waals surface area contributed by atoms with E-state index >= 15 is 0 Å². The molecule has 0 spiro atoms. The lowest BCUT2D eigenvalue weighted by Crippen LogP contribution is -2.54. The molecule has 3 amide bonds. The van der Waals surface area contributed by atoms with E-state index in [1.807, 2.05) is 20.8 Å². The molecule has 1 fully saturated rings. The van der Waals surface area contributed by atoms with Gasteiger partial charge in [0.1, 0.15) is 6.04 Å². The van der Waals surface area contributed by atoms with E-state index in [4.69, 9.17) is 8.37 Å². The number of nitrogens with one attached hydrogen (secondary N) is 3. The van der Waals surface area contributed by atoms with Crippen LogP contribution in [-0.2, 0) is 22.7 Å². The molecule has 0 aromatic carbocycles. The number of rotatable bonds is 11. The molecule has 1 aliphatic heterocycles. The van der Waals surface area contributed by atoms with Crippen molar-refractivity contribution < 1.29 is 22.7 Å². The second-order valence-electron chi connectivity index (χ2n) is 7.56. The summed E-state index contributed by atoms with van der Waals surface area (Å²) < 4.78 is 10.4. The van der Waals surface area contributed by atoms with Gasteiger partial charge in [-0.15, -0.1) is 0 Å². The molecule has 0 aliphatic carbocycles. The van der Waals surface area contributed by atoms with Crippen LogP contribution in [0.3, 0.4) is 0 Å². The Morgan fingerprint density at radius 3 is 2.11 bits per heavy atom. The van der Waals surface area contributed by atoms with Crippen molar-refractivity contribution in [2.24, 2.45) is 11.8 Å². The van der Waals surface area contributed by atoms with Gasteiger partial charge in [-0.1, -0.05) is 34.6 Å². The lowest BCUT2D eigenvalue weighted by atomic mass is 10.0. The lowest BCUT2D eigenvalue weighted by Gasteiger charge is -2.22. The summed E-state index contributed by atoms with van der Waals surface area (Å²) in [6, 6.07) is -0.682. The number of hydrogen-bond acceptors (Lipinski definition) is 6. The highest BCUT2D eigenvalue weighted by Gasteiger charge is 2.43. The molecule has 1 aliphatic rings. The topological polar surface area (TPSA) is 106 Å². The summed E-state index contributed by atoms with van der Waals surface area (Å²) in [7, 11) is 0. The molecule has 3 atom stereocenters. The van der Waals surface area contributed by atoms with Crippen LogP contribution in [-0.4, -0.2) is 49.1 Å². The van der Waals surface area contributed by atoms with Crippen LogP contribution in [0.5, 0.6) is 0 Å². The maximum Gasteiger partial charge on any atom is 0.254 e. The average molecular weight is 404 g/mol. The van der Waals surface area contributed by atoms with E-state index in [1.165, 1.54) is 0 Å². The number of carbonyl (C=O) groups excluding carboxylic acids is 3. The van der Waals surface area contributed by atoms with E-state index in [0.29, 0.717) is 37.8 Å². The molecule has 0 aromatic heterocycles. The minimum absolute atomic E-state index is 0.213. The third kappa shape index (κ3) is 8.49. The standard InChI is InChI=1S/C18H33N3O5S/c1-6-8-19-17(23)14-15(26-27-25-14)18(24)21-13(10-12(4)5)16(22)20-9-7-11(2)3/h11-15H,6-10H2,1-5H3,(H,19,23)(H,20,22)(H,21,24)/t13-,14-,15-/m0/s1. The van der Waals surface area contributed by atoms with Crippen molar-refractivity contribution in [3.05, 3.63) is 0 Å². The first-order valence-electron chi connectivity index (χ1n) is 9.60. The van der Waals surface area contributed by atoms with Gasteiger partial charge in [0.25, 0.3) is 11.8 Å². The normalized spacial score (nSPS) is 20.6. The predicted molar refractivity (Wildman–Crippen MR) is 104 cm³/mol. The number of carbonyl (C=O) groups is 3. The summed E-state index contributed by atoms with van der Waals surface area (Å²) in [6.07, 6.45) is 0.00251. The van der Waals surface area contributed by atoms with E-state index in [9.17, 15) is 14.4 Å². The molecule has 156 valence electrons. The monoisotopic (exact) mass is 403 g/mol. The highest BCUT2D eigenvalue weighted by Crippen LogP contribution is 2.26. The van der Waals surface area contributed by atoms with Crippen molar-refractivity contribution in [3.63, 3.8) is 0 Å². The fourth-order valence-electron chi connectivity index (χ4n) is 2.48. The molecule has 3 N–H and O–H groups in total. The molecule has 1 saturated heterocycles.